The van der Waals surface area contributed by atoms with Crippen LogP contribution in [0.25, 0.3) is 0 Å². The third kappa shape index (κ3) is 2.83. The fourth-order valence-corrected chi connectivity index (χ4v) is 2.73. The zero-order valence-electron chi connectivity index (χ0n) is 11.2. The number of ether oxygens (including phenoxy) is 1. The van der Waals surface area contributed by atoms with Crippen LogP contribution in [0.5, 0.6) is 0 Å². The van der Waals surface area contributed by atoms with Crippen LogP contribution in [0.4, 0.5) is 10.8 Å². The molecule has 0 amide bonds. The zero-order valence-corrected chi connectivity index (χ0v) is 12.0. The average Bonchev–Trinajstić information content (AvgIpc) is 2.82. The summed E-state index contributed by atoms with van der Waals surface area (Å²) in [7, 11) is 3.55. The van der Waals surface area contributed by atoms with Gasteiger partial charge in [-0.05, 0) is 18.6 Å². The van der Waals surface area contributed by atoms with Gasteiger partial charge in [0.15, 0.2) is 11.4 Å². The predicted molar refractivity (Wildman–Crippen MR) is 77.5 cm³/mol. The van der Waals surface area contributed by atoms with E-state index < -0.39 is 0 Å². The molecule has 0 aliphatic carbocycles. The Hall–Kier alpha value is -1.72. The minimum absolute atomic E-state index is 0.353. The number of para-hydroxylation sites is 1. The number of methoxy groups -OCH3 is 1. The van der Waals surface area contributed by atoms with Crippen molar-refractivity contribution in [3.63, 3.8) is 0 Å². The van der Waals surface area contributed by atoms with Crippen LogP contribution in [-0.4, -0.2) is 25.4 Å². The summed E-state index contributed by atoms with van der Waals surface area (Å²) in [6.45, 7) is 2.41. The number of hydrogen-bond acceptors (Lipinski definition) is 5. The summed E-state index contributed by atoms with van der Waals surface area (Å²) in [4.78, 5) is 18.1. The molecule has 1 aromatic heterocycles. The van der Waals surface area contributed by atoms with Gasteiger partial charge in [-0.3, -0.25) is 4.79 Å². The number of aldehydes is 1. The van der Waals surface area contributed by atoms with E-state index in [1.165, 1.54) is 16.9 Å². The van der Waals surface area contributed by atoms with Crippen LogP contribution in [0.2, 0.25) is 0 Å². The van der Waals surface area contributed by atoms with E-state index in [0.29, 0.717) is 17.2 Å². The summed E-state index contributed by atoms with van der Waals surface area (Å²) in [6.07, 6.45) is 0.835. The number of aromatic nitrogens is 1. The lowest BCUT2D eigenvalue weighted by molar-refractivity contribution is 0.112. The van der Waals surface area contributed by atoms with Crippen molar-refractivity contribution in [1.29, 1.82) is 0 Å². The Kier molecular flexibility index (Phi) is 4.29. The summed E-state index contributed by atoms with van der Waals surface area (Å²) < 4.78 is 5.06. The van der Waals surface area contributed by atoms with Crippen molar-refractivity contribution in [3.05, 3.63) is 40.4 Å². The number of benzene rings is 1. The van der Waals surface area contributed by atoms with E-state index in [4.69, 9.17) is 4.74 Å². The van der Waals surface area contributed by atoms with Gasteiger partial charge in [0.05, 0.1) is 17.2 Å². The molecule has 0 saturated carbocycles. The molecule has 0 fully saturated rings. The van der Waals surface area contributed by atoms with E-state index in [1.807, 2.05) is 30.1 Å². The van der Waals surface area contributed by atoms with Crippen molar-refractivity contribution in [3.8, 4) is 0 Å². The Bertz CT molecular complexity index is 581. The van der Waals surface area contributed by atoms with Crippen LogP contribution in [0, 0.1) is 6.92 Å². The first-order chi connectivity index (χ1) is 9.17. The molecule has 0 radical (unpaired) electrons. The van der Waals surface area contributed by atoms with Crippen LogP contribution in [-0.2, 0) is 11.3 Å². The first-order valence-corrected chi connectivity index (χ1v) is 6.72. The molecule has 2 aromatic rings. The topological polar surface area (TPSA) is 42.4 Å². The Labute approximate surface area is 116 Å². The predicted octanol–water partition coefficient (Wildman–Crippen LogP) is 3.18. The number of carbonyl (C=O) groups excluding carboxylic acids is 1. The maximum atomic E-state index is 11.0. The molecule has 0 bridgehead atoms. The van der Waals surface area contributed by atoms with Gasteiger partial charge >= 0.3 is 0 Å². The standard InChI is InChI=1S/C14H16N2O2S/c1-10-6-4-5-7-12(10)16(2)14-15-11(9-18-3)13(8-17)19-14/h4-8H,9H2,1-3H3. The molecule has 0 N–H and O–H groups in total. The first kappa shape index (κ1) is 13.7. The highest BCUT2D eigenvalue weighted by molar-refractivity contribution is 7.17. The second kappa shape index (κ2) is 5.95. The molecule has 19 heavy (non-hydrogen) atoms. The molecule has 0 unspecified atom stereocenters. The number of thiazole rings is 1. The minimum atomic E-state index is 0.353. The monoisotopic (exact) mass is 276 g/mol. The quantitative estimate of drug-likeness (QED) is 0.787. The molecule has 2 rings (SSSR count). The van der Waals surface area contributed by atoms with Crippen molar-refractivity contribution in [2.75, 3.05) is 19.1 Å². The summed E-state index contributed by atoms with van der Waals surface area (Å²) in [5.41, 5.74) is 2.94. The van der Waals surface area contributed by atoms with Crippen LogP contribution in [0.3, 0.4) is 0 Å². The molecule has 5 heteroatoms. The van der Waals surface area contributed by atoms with Gasteiger partial charge < -0.3 is 9.64 Å². The maximum absolute atomic E-state index is 11.0. The fraction of sp³-hybridized carbons (Fsp3) is 0.286. The van der Waals surface area contributed by atoms with Crippen molar-refractivity contribution >= 4 is 28.4 Å². The summed E-state index contributed by atoms with van der Waals surface area (Å²) in [5.74, 6) is 0. The zero-order chi connectivity index (χ0) is 13.8. The molecule has 0 atom stereocenters. The Morgan fingerprint density at radius 2 is 2.16 bits per heavy atom. The maximum Gasteiger partial charge on any atom is 0.190 e. The van der Waals surface area contributed by atoms with Gasteiger partial charge in [-0.2, -0.15) is 0 Å². The van der Waals surface area contributed by atoms with Gasteiger partial charge in [-0.1, -0.05) is 29.5 Å². The highest BCUT2D eigenvalue weighted by Gasteiger charge is 2.15. The van der Waals surface area contributed by atoms with Gasteiger partial charge in [-0.25, -0.2) is 4.98 Å². The number of hydrogen-bond donors (Lipinski definition) is 0. The number of rotatable bonds is 5. The third-order valence-electron chi connectivity index (χ3n) is 2.87. The lowest BCUT2D eigenvalue weighted by Crippen LogP contribution is -2.10. The molecule has 1 heterocycles. The van der Waals surface area contributed by atoms with Crippen LogP contribution < -0.4 is 4.90 Å². The van der Waals surface area contributed by atoms with Crippen molar-refractivity contribution < 1.29 is 9.53 Å². The molecule has 0 saturated heterocycles. The van der Waals surface area contributed by atoms with E-state index >= 15 is 0 Å². The van der Waals surface area contributed by atoms with Crippen molar-refractivity contribution in [2.24, 2.45) is 0 Å². The summed E-state index contributed by atoms with van der Waals surface area (Å²) in [6, 6.07) is 8.08. The number of carbonyl (C=O) groups is 1. The van der Waals surface area contributed by atoms with Gasteiger partial charge in [0, 0.05) is 19.8 Å². The number of anilines is 2. The minimum Gasteiger partial charge on any atom is -0.378 e. The fourth-order valence-electron chi connectivity index (χ4n) is 1.87. The molecule has 0 aliphatic heterocycles. The molecule has 0 aliphatic rings. The summed E-state index contributed by atoms with van der Waals surface area (Å²) >= 11 is 1.38. The van der Waals surface area contributed by atoms with Gasteiger partial charge in [0.2, 0.25) is 0 Å². The lowest BCUT2D eigenvalue weighted by Gasteiger charge is -2.18. The lowest BCUT2D eigenvalue weighted by atomic mass is 10.2. The summed E-state index contributed by atoms with van der Waals surface area (Å²) in [5, 5.41) is 0.795. The molecule has 100 valence electrons. The first-order valence-electron chi connectivity index (χ1n) is 5.90. The average molecular weight is 276 g/mol. The normalized spacial score (nSPS) is 10.5. The van der Waals surface area contributed by atoms with E-state index in [9.17, 15) is 4.79 Å². The second-order valence-electron chi connectivity index (χ2n) is 4.20. The van der Waals surface area contributed by atoms with Gasteiger partial charge in [-0.15, -0.1) is 0 Å². The van der Waals surface area contributed by atoms with Crippen molar-refractivity contribution in [2.45, 2.75) is 13.5 Å². The molecule has 4 nitrogen and oxygen atoms in total. The Morgan fingerprint density at radius 1 is 1.42 bits per heavy atom. The number of aryl methyl sites for hydroxylation is 1. The van der Waals surface area contributed by atoms with E-state index in [-0.39, 0.29) is 0 Å². The van der Waals surface area contributed by atoms with E-state index in [1.54, 1.807) is 7.11 Å². The molecule has 0 spiro atoms. The number of nitrogens with zero attached hydrogens (tertiary/aromatic N) is 2. The van der Waals surface area contributed by atoms with Crippen LogP contribution >= 0.6 is 11.3 Å². The smallest absolute Gasteiger partial charge is 0.190 e. The highest BCUT2D eigenvalue weighted by atomic mass is 32.1. The Morgan fingerprint density at radius 3 is 2.79 bits per heavy atom. The molecular formula is C14H16N2O2S. The second-order valence-corrected chi connectivity index (χ2v) is 5.21. The Balaban J connectivity index is 2.36. The highest BCUT2D eigenvalue weighted by Crippen LogP contribution is 2.31. The SMILES string of the molecule is COCc1nc(N(C)c2ccccc2C)sc1C=O. The van der Waals surface area contributed by atoms with Crippen LogP contribution in [0.15, 0.2) is 24.3 Å². The molecular weight excluding hydrogens is 260 g/mol. The van der Waals surface area contributed by atoms with E-state index in [2.05, 4.69) is 18.0 Å². The van der Waals surface area contributed by atoms with Crippen LogP contribution in [0.1, 0.15) is 20.9 Å². The van der Waals surface area contributed by atoms with Gasteiger partial charge in [0.1, 0.15) is 0 Å². The van der Waals surface area contributed by atoms with Gasteiger partial charge in [0.25, 0.3) is 0 Å². The van der Waals surface area contributed by atoms with E-state index in [0.717, 1.165) is 17.1 Å². The van der Waals surface area contributed by atoms with Crippen molar-refractivity contribution in [1.82, 2.24) is 4.98 Å². The largest absolute Gasteiger partial charge is 0.378 e. The molecule has 1 aromatic carbocycles. The third-order valence-corrected chi connectivity index (χ3v) is 3.97.